The van der Waals surface area contributed by atoms with Crippen LogP contribution in [0.2, 0.25) is 0 Å². The van der Waals surface area contributed by atoms with Gasteiger partial charge in [0.25, 0.3) is 0 Å². The molecule has 0 bridgehead atoms. The summed E-state index contributed by atoms with van der Waals surface area (Å²) < 4.78 is 30.8. The summed E-state index contributed by atoms with van der Waals surface area (Å²) in [6.45, 7) is 5.57. The summed E-state index contributed by atoms with van der Waals surface area (Å²) >= 11 is 0. The number of fused-ring (bicyclic) bond motifs is 1. The van der Waals surface area contributed by atoms with Crippen molar-refractivity contribution in [1.82, 2.24) is 20.1 Å². The van der Waals surface area contributed by atoms with Crippen LogP contribution in [0.1, 0.15) is 25.3 Å². The number of nitrogens with one attached hydrogen (secondary N) is 1. The van der Waals surface area contributed by atoms with Gasteiger partial charge in [0.1, 0.15) is 23.6 Å². The molecule has 2 aromatic heterocycles. The van der Waals surface area contributed by atoms with E-state index in [1.807, 2.05) is 42.5 Å². The smallest absolute Gasteiger partial charge is 0.175 e. The molecule has 0 spiro atoms. The number of rotatable bonds is 8. The zero-order chi connectivity index (χ0) is 25.8. The Balaban J connectivity index is 1.54. The van der Waals surface area contributed by atoms with Crippen LogP contribution >= 0.6 is 0 Å². The fourth-order valence-electron chi connectivity index (χ4n) is 4.72. The number of aromatic nitrogens is 3. The van der Waals surface area contributed by atoms with Gasteiger partial charge in [-0.25, -0.2) is 8.42 Å². The van der Waals surface area contributed by atoms with Crippen molar-refractivity contribution in [3.63, 3.8) is 0 Å². The van der Waals surface area contributed by atoms with Crippen molar-refractivity contribution >= 4 is 26.6 Å². The third kappa shape index (κ3) is 5.73. The van der Waals surface area contributed by atoms with E-state index in [4.69, 9.17) is 4.74 Å². The molecule has 192 valence electrons. The van der Waals surface area contributed by atoms with E-state index >= 15 is 0 Å². The molecule has 3 heterocycles. The standard InChI is InChI=1S/C28H31N5O3S/c1-3-33-16-8-11-21(18-33)30-28-27-24(12-7-15-29-27)26(31-32-28)23-14-13-22(37(2,34)35)17-25(23)36-19-20-9-5-4-6-10-20/h4-7,9-10,12-15,17,21H,3,8,11,16,18-19H2,1-2H3,(H,30,32)/t21-/m1/s1. The van der Waals surface area contributed by atoms with Gasteiger partial charge in [-0.15, -0.1) is 10.2 Å². The normalized spacial score (nSPS) is 16.5. The minimum absolute atomic E-state index is 0.186. The number of likely N-dealkylation sites (tertiary alicyclic amines) is 1. The van der Waals surface area contributed by atoms with E-state index in [0.29, 0.717) is 29.4 Å². The molecule has 4 aromatic rings. The summed E-state index contributed by atoms with van der Waals surface area (Å²) in [5, 5.41) is 13.5. The van der Waals surface area contributed by atoms with Crippen molar-refractivity contribution in [2.24, 2.45) is 0 Å². The summed E-state index contributed by atoms with van der Waals surface area (Å²) in [5.74, 6) is 1.08. The molecule has 1 aliphatic heterocycles. The first-order valence-corrected chi connectivity index (χ1v) is 14.4. The third-order valence-corrected chi connectivity index (χ3v) is 7.81. The number of nitrogens with zero attached hydrogens (tertiary/aromatic N) is 4. The van der Waals surface area contributed by atoms with Crippen LogP contribution in [0.4, 0.5) is 5.82 Å². The highest BCUT2D eigenvalue weighted by Crippen LogP contribution is 2.36. The summed E-state index contributed by atoms with van der Waals surface area (Å²) in [4.78, 5) is 7.25. The first-order chi connectivity index (χ1) is 17.9. The molecule has 5 rings (SSSR count). The van der Waals surface area contributed by atoms with E-state index < -0.39 is 9.84 Å². The van der Waals surface area contributed by atoms with Gasteiger partial charge < -0.3 is 15.0 Å². The first kappa shape index (κ1) is 25.1. The number of hydrogen-bond donors (Lipinski definition) is 1. The van der Waals surface area contributed by atoms with E-state index in [-0.39, 0.29) is 10.9 Å². The maximum Gasteiger partial charge on any atom is 0.175 e. The van der Waals surface area contributed by atoms with Gasteiger partial charge in [-0.1, -0.05) is 37.3 Å². The largest absolute Gasteiger partial charge is 0.488 e. The summed E-state index contributed by atoms with van der Waals surface area (Å²) in [6.07, 6.45) is 5.14. The molecule has 2 aromatic carbocycles. The molecule has 0 radical (unpaired) electrons. The van der Waals surface area contributed by atoms with Gasteiger partial charge in [0, 0.05) is 36.0 Å². The maximum atomic E-state index is 12.3. The Kier molecular flexibility index (Phi) is 7.34. The van der Waals surface area contributed by atoms with E-state index in [1.165, 1.54) is 6.26 Å². The van der Waals surface area contributed by atoms with E-state index in [2.05, 4.69) is 32.3 Å². The van der Waals surface area contributed by atoms with Gasteiger partial charge in [-0.2, -0.15) is 0 Å². The molecule has 0 saturated carbocycles. The summed E-state index contributed by atoms with van der Waals surface area (Å²) in [6, 6.07) is 18.7. The van der Waals surface area contributed by atoms with Crippen molar-refractivity contribution in [2.45, 2.75) is 37.3 Å². The third-order valence-electron chi connectivity index (χ3n) is 6.70. The average molecular weight is 518 g/mol. The van der Waals surface area contributed by atoms with Crippen LogP contribution in [0, 0.1) is 0 Å². The van der Waals surface area contributed by atoms with E-state index in [0.717, 1.165) is 48.9 Å². The predicted octanol–water partition coefficient (Wildman–Crippen LogP) is 4.57. The van der Waals surface area contributed by atoms with Crippen LogP contribution in [-0.4, -0.2) is 60.4 Å². The Morgan fingerprint density at radius 2 is 1.92 bits per heavy atom. The number of hydrogen-bond acceptors (Lipinski definition) is 8. The highest BCUT2D eigenvalue weighted by Gasteiger charge is 2.22. The maximum absolute atomic E-state index is 12.3. The zero-order valence-corrected chi connectivity index (χ0v) is 21.9. The molecule has 0 aliphatic carbocycles. The average Bonchev–Trinajstić information content (AvgIpc) is 2.92. The summed E-state index contributed by atoms with van der Waals surface area (Å²) in [7, 11) is -3.42. The van der Waals surface area contributed by atoms with Gasteiger partial charge in [0.15, 0.2) is 15.7 Å². The van der Waals surface area contributed by atoms with Crippen LogP contribution in [0.25, 0.3) is 22.2 Å². The van der Waals surface area contributed by atoms with Crippen LogP contribution in [0.3, 0.4) is 0 Å². The first-order valence-electron chi connectivity index (χ1n) is 12.5. The second kappa shape index (κ2) is 10.8. The highest BCUT2D eigenvalue weighted by molar-refractivity contribution is 7.90. The van der Waals surface area contributed by atoms with Crippen LogP contribution in [-0.2, 0) is 16.4 Å². The molecular formula is C28H31N5O3S. The van der Waals surface area contributed by atoms with Gasteiger partial charge >= 0.3 is 0 Å². The fraction of sp³-hybridized carbons (Fsp3) is 0.321. The number of benzene rings is 2. The lowest BCUT2D eigenvalue weighted by Crippen LogP contribution is -2.42. The molecule has 0 unspecified atom stereocenters. The molecule has 1 fully saturated rings. The molecule has 1 aliphatic rings. The quantitative estimate of drug-likeness (QED) is 0.363. The Labute approximate surface area is 217 Å². The fourth-order valence-corrected chi connectivity index (χ4v) is 5.36. The molecule has 9 heteroatoms. The van der Waals surface area contributed by atoms with Crippen molar-refractivity contribution in [3.8, 4) is 17.0 Å². The van der Waals surface area contributed by atoms with E-state index in [9.17, 15) is 8.42 Å². The predicted molar refractivity (Wildman–Crippen MR) is 145 cm³/mol. The van der Waals surface area contributed by atoms with E-state index in [1.54, 1.807) is 24.4 Å². The van der Waals surface area contributed by atoms with Gasteiger partial charge in [0.05, 0.1) is 4.90 Å². The minimum Gasteiger partial charge on any atom is -0.488 e. The van der Waals surface area contributed by atoms with Crippen molar-refractivity contribution in [1.29, 1.82) is 0 Å². The monoisotopic (exact) mass is 517 g/mol. The molecule has 1 saturated heterocycles. The molecule has 37 heavy (non-hydrogen) atoms. The van der Waals surface area contributed by atoms with Crippen LogP contribution in [0.5, 0.6) is 5.75 Å². The second-order valence-corrected chi connectivity index (χ2v) is 11.4. The number of likely N-dealkylation sites (N-methyl/N-ethyl adjacent to an activating group) is 1. The van der Waals surface area contributed by atoms with Crippen molar-refractivity contribution in [2.75, 3.05) is 31.2 Å². The summed E-state index contributed by atoms with van der Waals surface area (Å²) in [5.41, 5.74) is 2.96. The second-order valence-electron chi connectivity index (χ2n) is 9.38. The van der Waals surface area contributed by atoms with Crippen molar-refractivity contribution < 1.29 is 13.2 Å². The Morgan fingerprint density at radius 1 is 1.08 bits per heavy atom. The molecule has 0 amide bonds. The topological polar surface area (TPSA) is 97.3 Å². The molecule has 8 nitrogen and oxygen atoms in total. The number of piperidine rings is 1. The number of pyridine rings is 1. The van der Waals surface area contributed by atoms with Gasteiger partial charge in [-0.05, 0) is 61.8 Å². The van der Waals surface area contributed by atoms with Crippen LogP contribution < -0.4 is 10.1 Å². The minimum atomic E-state index is -3.42. The van der Waals surface area contributed by atoms with Crippen molar-refractivity contribution in [3.05, 3.63) is 72.4 Å². The Morgan fingerprint density at radius 3 is 2.70 bits per heavy atom. The lowest BCUT2D eigenvalue weighted by Gasteiger charge is -2.32. The molecule has 1 N–H and O–H groups in total. The zero-order valence-electron chi connectivity index (χ0n) is 21.1. The van der Waals surface area contributed by atoms with Gasteiger partial charge in [0.2, 0.25) is 0 Å². The van der Waals surface area contributed by atoms with Gasteiger partial charge in [-0.3, -0.25) is 4.98 Å². The number of anilines is 1. The Hall–Kier alpha value is -3.56. The lowest BCUT2D eigenvalue weighted by atomic mass is 10.0. The van der Waals surface area contributed by atoms with Crippen LogP contribution in [0.15, 0.2) is 71.8 Å². The SMILES string of the molecule is CCN1CCC[C@@H](Nc2nnc(-c3ccc(S(C)(=O)=O)cc3OCc3ccccc3)c3cccnc23)C1. The lowest BCUT2D eigenvalue weighted by molar-refractivity contribution is 0.226. The number of sulfone groups is 1. The molecular weight excluding hydrogens is 486 g/mol. The number of ether oxygens (including phenoxy) is 1. The molecule has 1 atom stereocenters. The Bertz CT molecular complexity index is 1490. The highest BCUT2D eigenvalue weighted by atomic mass is 32.2.